The lowest BCUT2D eigenvalue weighted by Gasteiger charge is -2.20. The third kappa shape index (κ3) is 5.82. The van der Waals surface area contributed by atoms with Crippen molar-refractivity contribution in [1.29, 1.82) is 0 Å². The molecule has 3 aromatic rings. The van der Waals surface area contributed by atoms with E-state index in [-0.39, 0.29) is 5.91 Å². The zero-order valence-electron chi connectivity index (χ0n) is 20.8. The maximum Gasteiger partial charge on any atom is 0.251 e. The summed E-state index contributed by atoms with van der Waals surface area (Å²) < 4.78 is 30.1. The molecule has 0 radical (unpaired) electrons. The molecule has 8 heteroatoms. The van der Waals surface area contributed by atoms with Gasteiger partial charge in [0.2, 0.25) is 10.0 Å². The topological polar surface area (TPSA) is 84.3 Å². The summed E-state index contributed by atoms with van der Waals surface area (Å²) in [5.74, 6) is -0.130. The summed E-state index contributed by atoms with van der Waals surface area (Å²) in [5.41, 5.74) is 4.94. The number of carbonyl (C=O) groups excluding carboxylic acids is 1. The molecule has 0 aliphatic carbocycles. The highest BCUT2D eigenvalue weighted by molar-refractivity contribution is 7.89. The highest BCUT2D eigenvalue weighted by Crippen LogP contribution is 2.26. The van der Waals surface area contributed by atoms with Crippen LogP contribution < -0.4 is 5.32 Å². The summed E-state index contributed by atoms with van der Waals surface area (Å²) in [5, 5.41) is 7.50. The maximum atomic E-state index is 13.4. The third-order valence-electron chi connectivity index (χ3n) is 6.60. The molecule has 0 saturated carbocycles. The molecule has 1 aliphatic rings. The molecule has 4 rings (SSSR count). The molecule has 2 heterocycles. The molecule has 0 bridgehead atoms. The van der Waals surface area contributed by atoms with Gasteiger partial charge in [-0.2, -0.15) is 9.40 Å². The predicted molar refractivity (Wildman–Crippen MR) is 137 cm³/mol. The van der Waals surface area contributed by atoms with Gasteiger partial charge in [0.25, 0.3) is 5.91 Å². The van der Waals surface area contributed by atoms with Crippen molar-refractivity contribution in [3.63, 3.8) is 0 Å². The largest absolute Gasteiger partial charge is 0.348 e. The smallest absolute Gasteiger partial charge is 0.251 e. The van der Waals surface area contributed by atoms with Crippen molar-refractivity contribution >= 4 is 15.9 Å². The van der Waals surface area contributed by atoms with Crippen LogP contribution in [0.3, 0.4) is 0 Å². The first-order valence-corrected chi connectivity index (χ1v) is 13.7. The van der Waals surface area contributed by atoms with Crippen LogP contribution in [0.5, 0.6) is 0 Å². The number of sulfonamides is 1. The summed E-state index contributed by atoms with van der Waals surface area (Å²) in [4.78, 5) is 12.9. The summed E-state index contributed by atoms with van der Waals surface area (Å²) in [6.45, 7) is 7.66. The van der Waals surface area contributed by atoms with Crippen molar-refractivity contribution in [3.8, 4) is 0 Å². The average molecular weight is 495 g/mol. The number of hydrogen-bond donors (Lipinski definition) is 1. The molecule has 1 aliphatic heterocycles. The molecule has 7 nitrogen and oxygen atoms in total. The van der Waals surface area contributed by atoms with Crippen molar-refractivity contribution < 1.29 is 13.2 Å². The monoisotopic (exact) mass is 494 g/mol. The maximum absolute atomic E-state index is 13.4. The lowest BCUT2D eigenvalue weighted by atomic mass is 10.1. The SMILES string of the molecule is Cc1ccc(CNC(=O)c2ccc(Cn3nc(C)c(S(=O)(=O)N4CCCCCC4)c3C)cc2)cc1. The van der Waals surface area contributed by atoms with Gasteiger partial charge in [-0.1, -0.05) is 54.8 Å². The van der Waals surface area contributed by atoms with Gasteiger partial charge in [-0.25, -0.2) is 8.42 Å². The standard InChI is InChI=1S/C27H34N4O3S/c1-20-8-10-23(11-9-20)18-28-27(32)25-14-12-24(13-15-25)19-31-22(3)26(21(2)29-31)35(33,34)30-16-6-4-5-7-17-30/h8-15H,4-7,16-19H2,1-3H3,(H,28,32). The fraction of sp³-hybridized carbons (Fsp3) is 0.407. The number of aromatic nitrogens is 2. The van der Waals surface area contributed by atoms with E-state index in [1.807, 2.05) is 50.2 Å². The van der Waals surface area contributed by atoms with Crippen LogP contribution >= 0.6 is 0 Å². The first kappa shape index (κ1) is 25.1. The highest BCUT2D eigenvalue weighted by atomic mass is 32.2. The Balaban J connectivity index is 1.44. The molecule has 35 heavy (non-hydrogen) atoms. The molecule has 2 aromatic carbocycles. The first-order chi connectivity index (χ1) is 16.8. The van der Waals surface area contributed by atoms with Crippen molar-refractivity contribution in [2.75, 3.05) is 13.1 Å². The van der Waals surface area contributed by atoms with Gasteiger partial charge in [0.15, 0.2) is 0 Å². The summed E-state index contributed by atoms with van der Waals surface area (Å²) >= 11 is 0. The number of rotatable bonds is 7. The Bertz CT molecular complexity index is 1270. The number of nitrogens with one attached hydrogen (secondary N) is 1. The zero-order valence-corrected chi connectivity index (χ0v) is 21.6. The van der Waals surface area contributed by atoms with Crippen molar-refractivity contribution in [2.24, 2.45) is 0 Å². The molecule has 1 saturated heterocycles. The Morgan fingerprint density at radius 1 is 0.886 bits per heavy atom. The van der Waals surface area contributed by atoms with Gasteiger partial charge in [-0.15, -0.1) is 0 Å². The molecule has 1 N–H and O–H groups in total. The number of amides is 1. The molecule has 1 fully saturated rings. The van der Waals surface area contributed by atoms with Crippen molar-refractivity contribution in [1.82, 2.24) is 19.4 Å². The van der Waals surface area contributed by atoms with Gasteiger partial charge < -0.3 is 5.32 Å². The summed E-state index contributed by atoms with van der Waals surface area (Å²) in [6, 6.07) is 15.4. The fourth-order valence-corrected chi connectivity index (χ4v) is 6.43. The first-order valence-electron chi connectivity index (χ1n) is 12.2. The van der Waals surface area contributed by atoms with Crippen LogP contribution in [0.2, 0.25) is 0 Å². The minimum atomic E-state index is -3.57. The molecule has 1 amide bonds. The average Bonchev–Trinajstić information content (AvgIpc) is 3.01. The third-order valence-corrected chi connectivity index (χ3v) is 8.75. The van der Waals surface area contributed by atoms with E-state index < -0.39 is 10.0 Å². The van der Waals surface area contributed by atoms with Gasteiger partial charge in [0.05, 0.1) is 17.9 Å². The van der Waals surface area contributed by atoms with E-state index in [1.165, 1.54) is 5.56 Å². The van der Waals surface area contributed by atoms with E-state index in [0.29, 0.717) is 48.0 Å². The molecular weight excluding hydrogens is 460 g/mol. The van der Waals surface area contributed by atoms with Gasteiger partial charge in [-0.05, 0) is 56.9 Å². The van der Waals surface area contributed by atoms with Crippen LogP contribution in [-0.4, -0.2) is 41.5 Å². The van der Waals surface area contributed by atoms with E-state index >= 15 is 0 Å². The molecule has 186 valence electrons. The molecule has 0 atom stereocenters. The van der Waals surface area contributed by atoms with E-state index in [2.05, 4.69) is 10.4 Å². The second-order valence-electron chi connectivity index (χ2n) is 9.34. The van der Waals surface area contributed by atoms with Gasteiger partial charge in [0, 0.05) is 25.2 Å². The lowest BCUT2D eigenvalue weighted by Crippen LogP contribution is -2.32. The normalized spacial score (nSPS) is 15.1. The number of benzene rings is 2. The Morgan fingerprint density at radius 2 is 1.49 bits per heavy atom. The van der Waals surface area contributed by atoms with Gasteiger partial charge in [-0.3, -0.25) is 9.48 Å². The minimum absolute atomic E-state index is 0.130. The van der Waals surface area contributed by atoms with E-state index in [9.17, 15) is 13.2 Å². The van der Waals surface area contributed by atoms with Crippen LogP contribution in [0.4, 0.5) is 0 Å². The van der Waals surface area contributed by atoms with Gasteiger partial charge >= 0.3 is 0 Å². The summed E-state index contributed by atoms with van der Waals surface area (Å²) in [6.07, 6.45) is 3.94. The Morgan fingerprint density at radius 3 is 2.11 bits per heavy atom. The number of hydrogen-bond acceptors (Lipinski definition) is 4. The van der Waals surface area contributed by atoms with Gasteiger partial charge in [0.1, 0.15) is 4.90 Å². The molecule has 0 unspecified atom stereocenters. The molecule has 1 aromatic heterocycles. The Labute approximate surface area is 208 Å². The van der Waals surface area contributed by atoms with Crippen molar-refractivity contribution in [3.05, 3.63) is 82.2 Å². The Hall–Kier alpha value is -2.97. The number of nitrogens with zero attached hydrogens (tertiary/aromatic N) is 3. The van der Waals surface area contributed by atoms with Crippen LogP contribution in [0.25, 0.3) is 0 Å². The molecule has 0 spiro atoms. The van der Waals surface area contributed by atoms with Crippen molar-refractivity contribution in [2.45, 2.75) is 64.4 Å². The van der Waals surface area contributed by atoms with E-state index in [4.69, 9.17) is 0 Å². The van der Waals surface area contributed by atoms with Crippen LogP contribution in [0, 0.1) is 20.8 Å². The predicted octanol–water partition coefficient (Wildman–Crippen LogP) is 4.35. The van der Waals surface area contributed by atoms with Crippen LogP contribution in [0.1, 0.15) is 64.1 Å². The van der Waals surface area contributed by atoms with Crippen LogP contribution in [-0.2, 0) is 23.1 Å². The lowest BCUT2D eigenvalue weighted by molar-refractivity contribution is 0.0951. The number of carbonyl (C=O) groups is 1. The summed E-state index contributed by atoms with van der Waals surface area (Å²) in [7, 11) is -3.57. The second kappa shape index (κ2) is 10.7. The minimum Gasteiger partial charge on any atom is -0.348 e. The van der Waals surface area contributed by atoms with Crippen LogP contribution in [0.15, 0.2) is 53.4 Å². The highest BCUT2D eigenvalue weighted by Gasteiger charge is 2.31. The molecular formula is C27H34N4O3S. The zero-order chi connectivity index (χ0) is 25.0. The quantitative estimate of drug-likeness (QED) is 0.529. The second-order valence-corrected chi connectivity index (χ2v) is 11.2. The van der Waals surface area contributed by atoms with E-state index in [1.54, 1.807) is 28.0 Å². The van der Waals surface area contributed by atoms with E-state index in [0.717, 1.165) is 36.8 Å². The number of aryl methyl sites for hydroxylation is 2. The fourth-order valence-electron chi connectivity index (χ4n) is 4.54. The Kier molecular flexibility index (Phi) is 7.72.